The summed E-state index contributed by atoms with van der Waals surface area (Å²) in [4.78, 5) is 23.4. The molecule has 0 saturated carbocycles. The van der Waals surface area contributed by atoms with E-state index in [1.165, 1.54) is 6.42 Å². The first-order valence-electron chi connectivity index (χ1n) is 9.32. The van der Waals surface area contributed by atoms with Gasteiger partial charge in [-0.1, -0.05) is 46.5 Å². The molecule has 7 heteroatoms. The molecule has 0 aliphatic rings. The van der Waals surface area contributed by atoms with Crippen molar-refractivity contribution in [2.45, 2.75) is 84.2 Å². The number of rotatable bonds is 15. The van der Waals surface area contributed by atoms with E-state index in [2.05, 4.69) is 6.92 Å². The molecule has 6 nitrogen and oxygen atoms in total. The van der Waals surface area contributed by atoms with Gasteiger partial charge in [-0.2, -0.15) is 0 Å². The second-order valence-electron chi connectivity index (χ2n) is 6.55. The maximum absolute atomic E-state index is 11.8. The van der Waals surface area contributed by atoms with Crippen molar-refractivity contribution in [3.05, 3.63) is 0 Å². The minimum Gasteiger partial charge on any atom is -0.544 e. The minimum atomic E-state index is -1.23. The molecule has 0 saturated heterocycles. The summed E-state index contributed by atoms with van der Waals surface area (Å²) in [6.07, 6.45) is 6.88. The van der Waals surface area contributed by atoms with Gasteiger partial charge in [-0.25, -0.2) is 4.79 Å². The summed E-state index contributed by atoms with van der Waals surface area (Å²) < 4.78 is -0.116. The quantitative estimate of drug-likeness (QED) is 0.209. The van der Waals surface area contributed by atoms with Gasteiger partial charge in [0, 0.05) is 12.8 Å². The van der Waals surface area contributed by atoms with Gasteiger partial charge in [0.05, 0.1) is 19.1 Å². The van der Waals surface area contributed by atoms with Crippen molar-refractivity contribution in [1.82, 2.24) is 0 Å². The molecule has 0 aromatic carbocycles. The Hall–Kier alpha value is -0.140. The third-order valence-electron chi connectivity index (χ3n) is 5.02. The summed E-state index contributed by atoms with van der Waals surface area (Å²) in [5, 5.41) is 30.8. The molecule has 0 fully saturated rings. The molecule has 0 rings (SSSR count). The van der Waals surface area contributed by atoms with Gasteiger partial charge >= 0.3 is 35.5 Å². The van der Waals surface area contributed by atoms with Crippen LogP contribution in [-0.2, 0) is 9.59 Å². The van der Waals surface area contributed by atoms with Crippen molar-refractivity contribution in [2.75, 3.05) is 19.7 Å². The number of carbonyl (C=O) groups excluding carboxylic acids is 1. The molecule has 0 heterocycles. The number of carboxylic acids is 2. The van der Waals surface area contributed by atoms with Gasteiger partial charge < -0.3 is 24.6 Å². The van der Waals surface area contributed by atoms with Crippen LogP contribution in [0.3, 0.4) is 0 Å². The molecule has 0 bridgehead atoms. The van der Waals surface area contributed by atoms with Crippen LogP contribution < -0.4 is 34.7 Å². The normalized spacial score (nSPS) is 15.7. The number of quaternary nitrogens is 1. The van der Waals surface area contributed by atoms with Crippen molar-refractivity contribution in [3.63, 3.8) is 0 Å². The Balaban J connectivity index is 0. The van der Waals surface area contributed by atoms with Crippen LogP contribution in [0.5, 0.6) is 0 Å². The van der Waals surface area contributed by atoms with Gasteiger partial charge in [0.15, 0.2) is 6.04 Å². The summed E-state index contributed by atoms with van der Waals surface area (Å²) >= 11 is 0. The number of unbranched alkanes of at least 4 members (excludes halogenated alkanes) is 5. The predicted octanol–water partition coefficient (Wildman–Crippen LogP) is -1.45. The van der Waals surface area contributed by atoms with Crippen molar-refractivity contribution in [2.24, 2.45) is 0 Å². The molecule has 0 aromatic rings. The van der Waals surface area contributed by atoms with Gasteiger partial charge in [-0.3, -0.25) is 0 Å². The third kappa shape index (κ3) is 8.39. The Morgan fingerprint density at radius 1 is 0.920 bits per heavy atom. The first-order valence-corrected chi connectivity index (χ1v) is 9.32. The van der Waals surface area contributed by atoms with Crippen molar-refractivity contribution < 1.29 is 58.9 Å². The average Bonchev–Trinajstić information content (AvgIpc) is 2.51. The first-order chi connectivity index (χ1) is 11.4. The fraction of sp³-hybridized carbons (Fsp3) is 0.889. The summed E-state index contributed by atoms with van der Waals surface area (Å²) in [7, 11) is 0. The number of aliphatic carboxylic acids is 2. The van der Waals surface area contributed by atoms with Gasteiger partial charge in [-0.15, -0.1) is 0 Å². The third-order valence-corrected chi connectivity index (χ3v) is 5.02. The van der Waals surface area contributed by atoms with E-state index >= 15 is 0 Å². The largest absolute Gasteiger partial charge is 1.00 e. The van der Waals surface area contributed by atoms with Gasteiger partial charge in [0.2, 0.25) is 0 Å². The molecule has 3 unspecified atom stereocenters. The fourth-order valence-corrected chi connectivity index (χ4v) is 3.82. The molecule has 2 N–H and O–H groups in total. The Bertz CT molecular complexity index is 356. The SMILES string of the molecule is CCCCCCCC[N+](CCO)(C(CC)C(=O)[O-])C(CC)C(=O)O.[Na+]. The van der Waals surface area contributed by atoms with Crippen molar-refractivity contribution in [3.8, 4) is 0 Å². The van der Waals surface area contributed by atoms with E-state index in [1.54, 1.807) is 13.8 Å². The number of aliphatic hydroxyl groups excluding tert-OH is 1. The Morgan fingerprint density at radius 2 is 1.44 bits per heavy atom. The molecule has 142 valence electrons. The van der Waals surface area contributed by atoms with E-state index in [4.69, 9.17) is 0 Å². The first kappa shape index (κ1) is 27.1. The summed E-state index contributed by atoms with van der Waals surface area (Å²) in [5.41, 5.74) is 0. The predicted molar refractivity (Wildman–Crippen MR) is 91.3 cm³/mol. The monoisotopic (exact) mass is 368 g/mol. The van der Waals surface area contributed by atoms with Crippen LogP contribution in [0.25, 0.3) is 0 Å². The summed E-state index contributed by atoms with van der Waals surface area (Å²) in [6, 6.07) is -1.75. The van der Waals surface area contributed by atoms with E-state index in [9.17, 15) is 24.9 Å². The molecule has 25 heavy (non-hydrogen) atoms. The van der Waals surface area contributed by atoms with Crippen LogP contribution in [0.2, 0.25) is 0 Å². The Labute approximate surface area is 174 Å². The number of hydrogen-bond donors (Lipinski definition) is 2. The van der Waals surface area contributed by atoms with E-state index in [0.29, 0.717) is 19.4 Å². The fourth-order valence-electron chi connectivity index (χ4n) is 3.82. The number of carboxylic acid groups (broad SMARTS) is 2. The molecule has 0 aromatic heterocycles. The second-order valence-corrected chi connectivity index (χ2v) is 6.55. The van der Waals surface area contributed by atoms with E-state index in [-0.39, 0.29) is 47.2 Å². The van der Waals surface area contributed by atoms with Gasteiger partial charge in [0.1, 0.15) is 12.6 Å². The average molecular weight is 368 g/mol. The van der Waals surface area contributed by atoms with Crippen LogP contribution in [0.15, 0.2) is 0 Å². The molecule has 0 aliphatic heterocycles. The van der Waals surface area contributed by atoms with E-state index in [1.807, 2.05) is 0 Å². The standard InChI is InChI=1S/C18H35NO5.Na/c1-4-7-8-9-10-11-12-19(13-14-20,15(5-2)17(21)22)16(6-3)18(23)24;/h15-16,20H,4-14H2,1-3H3,(H-,21,22,23,24);/q;+1. The number of carbonyl (C=O) groups is 2. The van der Waals surface area contributed by atoms with Gasteiger partial charge in [-0.05, 0) is 12.8 Å². The molecule has 0 aliphatic carbocycles. The van der Waals surface area contributed by atoms with Gasteiger partial charge in [0.25, 0.3) is 0 Å². The molecule has 0 amide bonds. The maximum atomic E-state index is 11.8. The molecule has 0 spiro atoms. The number of aliphatic hydroxyl groups is 1. The van der Waals surface area contributed by atoms with Crippen LogP contribution in [-0.4, -0.2) is 58.4 Å². The molecular weight excluding hydrogens is 333 g/mol. The van der Waals surface area contributed by atoms with Crippen molar-refractivity contribution in [1.29, 1.82) is 0 Å². The topological polar surface area (TPSA) is 97.7 Å². The number of hydrogen-bond acceptors (Lipinski definition) is 4. The summed E-state index contributed by atoms with van der Waals surface area (Å²) in [5.74, 6) is -2.23. The van der Waals surface area contributed by atoms with E-state index in [0.717, 1.165) is 32.1 Å². The zero-order valence-corrected chi connectivity index (χ0v) is 18.5. The number of nitrogens with zero attached hydrogens (tertiary/aromatic N) is 1. The van der Waals surface area contributed by atoms with Crippen LogP contribution in [0.4, 0.5) is 0 Å². The zero-order chi connectivity index (χ0) is 18.6. The molecule has 0 radical (unpaired) electrons. The zero-order valence-electron chi connectivity index (χ0n) is 16.5. The summed E-state index contributed by atoms with van der Waals surface area (Å²) in [6.45, 7) is 5.99. The maximum Gasteiger partial charge on any atom is 1.00 e. The van der Waals surface area contributed by atoms with Crippen LogP contribution in [0.1, 0.15) is 72.1 Å². The smallest absolute Gasteiger partial charge is 0.544 e. The molecular formula is C18H35NNaO5+. The van der Waals surface area contributed by atoms with E-state index < -0.39 is 24.0 Å². The second kappa shape index (κ2) is 15.0. The van der Waals surface area contributed by atoms with Crippen LogP contribution >= 0.6 is 0 Å². The minimum absolute atomic E-state index is 0. The van der Waals surface area contributed by atoms with Crippen molar-refractivity contribution >= 4 is 11.9 Å². The molecule has 3 atom stereocenters. The Morgan fingerprint density at radius 3 is 1.84 bits per heavy atom. The Kier molecular flexibility index (Phi) is 16.2. The van der Waals surface area contributed by atoms with Crippen LogP contribution in [0, 0.1) is 0 Å².